The van der Waals surface area contributed by atoms with Crippen LogP contribution >= 0.6 is 0 Å². The third kappa shape index (κ3) is 5.71. The lowest BCUT2D eigenvalue weighted by Crippen LogP contribution is -1.95. The van der Waals surface area contributed by atoms with E-state index >= 15 is 0 Å². The smallest absolute Gasteiger partial charge is 0.0130 e. The first-order valence-electron chi connectivity index (χ1n) is 8.97. The lowest BCUT2D eigenvalue weighted by atomic mass is 9.92. The van der Waals surface area contributed by atoms with Crippen LogP contribution in [0.5, 0.6) is 0 Å². The van der Waals surface area contributed by atoms with Gasteiger partial charge in [0.25, 0.3) is 0 Å². The van der Waals surface area contributed by atoms with Gasteiger partial charge in [-0.25, -0.2) is 0 Å². The van der Waals surface area contributed by atoms with Gasteiger partial charge in [0.15, 0.2) is 0 Å². The number of rotatable bonds is 8. The van der Waals surface area contributed by atoms with Crippen LogP contribution in [-0.4, -0.2) is 0 Å². The fourth-order valence-corrected chi connectivity index (χ4v) is 3.05. The van der Waals surface area contributed by atoms with Crippen molar-refractivity contribution in [3.05, 3.63) is 83.4 Å². The predicted molar refractivity (Wildman–Crippen MR) is 102 cm³/mol. The van der Waals surface area contributed by atoms with Crippen molar-refractivity contribution in [1.29, 1.82) is 0 Å². The minimum atomic E-state index is 0.636. The molecule has 0 aliphatic carbocycles. The van der Waals surface area contributed by atoms with E-state index in [0.29, 0.717) is 11.8 Å². The van der Waals surface area contributed by atoms with Crippen molar-refractivity contribution in [2.75, 3.05) is 0 Å². The van der Waals surface area contributed by atoms with Gasteiger partial charge in [-0.15, -0.1) is 0 Å². The van der Waals surface area contributed by atoms with E-state index < -0.39 is 0 Å². The van der Waals surface area contributed by atoms with Crippen LogP contribution in [0.2, 0.25) is 0 Å². The molecular weight excluding hydrogens is 276 g/mol. The molecule has 0 heterocycles. The average molecular weight is 306 g/mol. The van der Waals surface area contributed by atoms with Crippen LogP contribution in [0.3, 0.4) is 0 Å². The number of hydrogen-bond acceptors (Lipinski definition) is 0. The van der Waals surface area contributed by atoms with Crippen molar-refractivity contribution in [2.45, 2.75) is 58.3 Å². The first-order valence-corrected chi connectivity index (χ1v) is 8.97. The van der Waals surface area contributed by atoms with Gasteiger partial charge in [-0.2, -0.15) is 0 Å². The summed E-state index contributed by atoms with van der Waals surface area (Å²) >= 11 is 0. The van der Waals surface area contributed by atoms with Gasteiger partial charge in [0, 0.05) is 0 Å². The van der Waals surface area contributed by atoms with E-state index in [1.165, 1.54) is 36.0 Å². The largest absolute Gasteiger partial charge is 0.0885 e. The van der Waals surface area contributed by atoms with E-state index in [1.807, 2.05) is 0 Å². The highest BCUT2D eigenvalue weighted by Crippen LogP contribution is 2.24. The van der Waals surface area contributed by atoms with Gasteiger partial charge in [0.1, 0.15) is 0 Å². The fraction of sp³-hybridized carbons (Fsp3) is 0.391. The van der Waals surface area contributed by atoms with E-state index in [9.17, 15) is 0 Å². The van der Waals surface area contributed by atoms with Crippen LogP contribution in [0.1, 0.15) is 68.1 Å². The summed E-state index contributed by atoms with van der Waals surface area (Å²) in [6.07, 6.45) is 9.49. The summed E-state index contributed by atoms with van der Waals surface area (Å²) in [6, 6.07) is 19.9. The molecule has 0 N–H and O–H groups in total. The van der Waals surface area contributed by atoms with E-state index in [2.05, 4.69) is 87.5 Å². The second-order valence-electron chi connectivity index (χ2n) is 6.61. The Morgan fingerprint density at radius 3 is 2.22 bits per heavy atom. The second kappa shape index (κ2) is 9.35. The van der Waals surface area contributed by atoms with Gasteiger partial charge < -0.3 is 0 Å². The summed E-state index contributed by atoms with van der Waals surface area (Å²) in [6.45, 7) is 6.76. The third-order valence-electron chi connectivity index (χ3n) is 4.76. The maximum atomic E-state index is 2.38. The highest BCUT2D eigenvalue weighted by molar-refractivity contribution is 5.24. The number of aryl methyl sites for hydroxylation is 1. The average Bonchev–Trinajstić information content (AvgIpc) is 2.59. The van der Waals surface area contributed by atoms with Gasteiger partial charge in [0.05, 0.1) is 0 Å². The molecular formula is C23H30. The molecule has 0 spiro atoms. The zero-order chi connectivity index (χ0) is 16.5. The molecule has 23 heavy (non-hydrogen) atoms. The molecule has 0 fully saturated rings. The highest BCUT2D eigenvalue weighted by Gasteiger charge is 2.06. The summed E-state index contributed by atoms with van der Waals surface area (Å²) in [7, 11) is 0. The molecule has 0 aliphatic rings. The first kappa shape index (κ1) is 17.5. The summed E-state index contributed by atoms with van der Waals surface area (Å²) < 4.78 is 0. The topological polar surface area (TPSA) is 0 Å². The zero-order valence-corrected chi connectivity index (χ0v) is 14.8. The molecule has 2 rings (SSSR count). The molecule has 0 aromatic heterocycles. The fourth-order valence-electron chi connectivity index (χ4n) is 3.05. The molecule has 0 saturated carbocycles. The Labute approximate surface area is 142 Å². The van der Waals surface area contributed by atoms with Crippen LogP contribution < -0.4 is 0 Å². The molecule has 0 amide bonds. The standard InChI is InChI=1S/C23H30/c1-4-21(23-13-9-6-10-14-23)12-8-5-7-11-20(3)22-17-15-19(2)16-18-22/h5-6,8-10,13-18,20-21H,4,7,11-12H2,1-3H3/b8-5+. The number of benzene rings is 2. The zero-order valence-electron chi connectivity index (χ0n) is 14.8. The molecule has 122 valence electrons. The third-order valence-corrected chi connectivity index (χ3v) is 4.76. The van der Waals surface area contributed by atoms with E-state index in [-0.39, 0.29) is 0 Å². The minimum Gasteiger partial charge on any atom is -0.0885 e. The molecule has 0 nitrogen and oxygen atoms in total. The van der Waals surface area contributed by atoms with Crippen molar-refractivity contribution < 1.29 is 0 Å². The van der Waals surface area contributed by atoms with Crippen molar-refractivity contribution in [2.24, 2.45) is 0 Å². The second-order valence-corrected chi connectivity index (χ2v) is 6.61. The van der Waals surface area contributed by atoms with Crippen molar-refractivity contribution in [1.82, 2.24) is 0 Å². The lowest BCUT2D eigenvalue weighted by Gasteiger charge is -2.13. The van der Waals surface area contributed by atoms with Crippen molar-refractivity contribution in [3.63, 3.8) is 0 Å². The van der Waals surface area contributed by atoms with Gasteiger partial charge in [-0.1, -0.05) is 86.2 Å². The van der Waals surface area contributed by atoms with Gasteiger partial charge in [-0.05, 0) is 55.6 Å². The Hall–Kier alpha value is -1.82. The van der Waals surface area contributed by atoms with Gasteiger partial charge in [0.2, 0.25) is 0 Å². The Morgan fingerprint density at radius 1 is 0.870 bits per heavy atom. The molecule has 2 aromatic rings. The van der Waals surface area contributed by atoms with E-state index in [1.54, 1.807) is 0 Å². The lowest BCUT2D eigenvalue weighted by molar-refractivity contribution is 0.665. The molecule has 2 aromatic carbocycles. The predicted octanol–water partition coefficient (Wildman–Crippen LogP) is 7.02. The summed E-state index contributed by atoms with van der Waals surface area (Å²) in [5, 5.41) is 0. The van der Waals surface area contributed by atoms with E-state index in [4.69, 9.17) is 0 Å². The minimum absolute atomic E-state index is 0.636. The quantitative estimate of drug-likeness (QED) is 0.460. The van der Waals surface area contributed by atoms with Crippen molar-refractivity contribution in [3.8, 4) is 0 Å². The van der Waals surface area contributed by atoms with Crippen LogP contribution in [0, 0.1) is 6.92 Å². The Morgan fingerprint density at radius 2 is 1.57 bits per heavy atom. The van der Waals surface area contributed by atoms with Crippen LogP contribution in [0.4, 0.5) is 0 Å². The van der Waals surface area contributed by atoms with Crippen LogP contribution in [-0.2, 0) is 0 Å². The van der Waals surface area contributed by atoms with Gasteiger partial charge >= 0.3 is 0 Å². The molecule has 0 radical (unpaired) electrons. The SMILES string of the molecule is CCC(C/C=C/CCC(C)c1ccc(C)cc1)c1ccccc1. The highest BCUT2D eigenvalue weighted by atomic mass is 14.1. The maximum absolute atomic E-state index is 2.38. The first-order chi connectivity index (χ1) is 11.2. The van der Waals surface area contributed by atoms with Crippen LogP contribution in [0.15, 0.2) is 66.7 Å². The number of allylic oxidation sites excluding steroid dienone is 2. The Bertz CT molecular complexity index is 577. The monoisotopic (exact) mass is 306 g/mol. The van der Waals surface area contributed by atoms with Crippen LogP contribution in [0.25, 0.3) is 0 Å². The summed E-state index contributed by atoms with van der Waals surface area (Å²) in [5.74, 6) is 1.29. The van der Waals surface area contributed by atoms with E-state index in [0.717, 1.165) is 6.42 Å². The molecule has 0 aliphatic heterocycles. The summed E-state index contributed by atoms with van der Waals surface area (Å²) in [5.41, 5.74) is 4.26. The normalized spacial score (nSPS) is 14.0. The summed E-state index contributed by atoms with van der Waals surface area (Å²) in [4.78, 5) is 0. The number of hydrogen-bond donors (Lipinski definition) is 0. The van der Waals surface area contributed by atoms with Gasteiger partial charge in [-0.3, -0.25) is 0 Å². The molecule has 0 saturated heterocycles. The Balaban J connectivity index is 1.77. The maximum Gasteiger partial charge on any atom is -0.0130 e. The molecule has 2 unspecified atom stereocenters. The molecule has 0 bridgehead atoms. The molecule has 2 atom stereocenters. The molecule has 0 heteroatoms. The van der Waals surface area contributed by atoms with Crippen molar-refractivity contribution >= 4 is 0 Å². The Kier molecular flexibility index (Phi) is 7.13.